The second kappa shape index (κ2) is 6.72. The van der Waals surface area contributed by atoms with E-state index in [-0.39, 0.29) is 11.9 Å². The number of rotatable bonds is 6. The predicted octanol–water partition coefficient (Wildman–Crippen LogP) is 2.56. The Morgan fingerprint density at radius 3 is 2.65 bits per heavy atom. The number of hydrogen-bond acceptors (Lipinski definition) is 2. The molecule has 1 aromatic carbocycles. The molecule has 3 heteroatoms. The topological polar surface area (TPSA) is 46.2 Å². The molecule has 0 aliphatic heterocycles. The van der Waals surface area contributed by atoms with Crippen molar-refractivity contribution >= 4 is 0 Å². The van der Waals surface area contributed by atoms with Crippen molar-refractivity contribution < 1.29 is 9.50 Å². The van der Waals surface area contributed by atoms with E-state index in [0.29, 0.717) is 18.4 Å². The van der Waals surface area contributed by atoms with Gasteiger partial charge in [-0.05, 0) is 43.4 Å². The average Bonchev–Trinajstić information content (AvgIpc) is 2.27. The fraction of sp³-hybridized carbons (Fsp3) is 0.571. The van der Waals surface area contributed by atoms with Crippen molar-refractivity contribution in [3.8, 4) is 0 Å². The summed E-state index contributed by atoms with van der Waals surface area (Å²) in [7, 11) is 0. The molecule has 0 bridgehead atoms. The van der Waals surface area contributed by atoms with Crippen LogP contribution in [0.25, 0.3) is 0 Å². The van der Waals surface area contributed by atoms with Gasteiger partial charge < -0.3 is 10.8 Å². The van der Waals surface area contributed by atoms with E-state index in [4.69, 9.17) is 5.73 Å². The summed E-state index contributed by atoms with van der Waals surface area (Å²) < 4.78 is 13.5. The van der Waals surface area contributed by atoms with Crippen molar-refractivity contribution in [2.75, 3.05) is 0 Å². The van der Waals surface area contributed by atoms with Crippen LogP contribution in [0.1, 0.15) is 37.3 Å². The van der Waals surface area contributed by atoms with Gasteiger partial charge in [-0.15, -0.1) is 0 Å². The van der Waals surface area contributed by atoms with E-state index >= 15 is 0 Å². The highest BCUT2D eigenvalue weighted by Gasteiger charge is 2.14. The first kappa shape index (κ1) is 14.1. The molecule has 2 unspecified atom stereocenters. The van der Waals surface area contributed by atoms with Crippen molar-refractivity contribution in [1.82, 2.24) is 0 Å². The number of aliphatic hydroxyl groups excluding tert-OH is 1. The Balaban J connectivity index is 2.49. The molecule has 96 valence electrons. The lowest BCUT2D eigenvalue weighted by molar-refractivity contribution is 0.130. The summed E-state index contributed by atoms with van der Waals surface area (Å²) in [5.74, 6) is -0.193. The SMILES string of the molecule is CCCC(N)C(O)CCc1ccc(C)cc1F. The molecule has 0 heterocycles. The van der Waals surface area contributed by atoms with E-state index in [1.807, 2.05) is 19.9 Å². The maximum absolute atomic E-state index is 13.5. The van der Waals surface area contributed by atoms with Gasteiger partial charge in [0.2, 0.25) is 0 Å². The number of halogens is 1. The molecule has 0 saturated heterocycles. The van der Waals surface area contributed by atoms with E-state index in [1.165, 1.54) is 6.07 Å². The highest BCUT2D eigenvalue weighted by atomic mass is 19.1. The van der Waals surface area contributed by atoms with Gasteiger partial charge in [-0.2, -0.15) is 0 Å². The van der Waals surface area contributed by atoms with Crippen molar-refractivity contribution in [2.45, 2.75) is 51.7 Å². The van der Waals surface area contributed by atoms with Crippen LogP contribution in [-0.4, -0.2) is 17.3 Å². The molecule has 17 heavy (non-hydrogen) atoms. The Morgan fingerprint density at radius 2 is 2.06 bits per heavy atom. The molecule has 3 N–H and O–H groups in total. The van der Waals surface area contributed by atoms with Gasteiger partial charge in [-0.1, -0.05) is 25.5 Å². The van der Waals surface area contributed by atoms with Gasteiger partial charge in [-0.25, -0.2) is 4.39 Å². The molecule has 0 fully saturated rings. The van der Waals surface area contributed by atoms with E-state index in [0.717, 1.165) is 18.4 Å². The summed E-state index contributed by atoms with van der Waals surface area (Å²) in [5.41, 5.74) is 7.37. The third-order valence-electron chi connectivity index (χ3n) is 3.03. The molecular weight excluding hydrogens is 217 g/mol. The van der Waals surface area contributed by atoms with Crippen molar-refractivity contribution in [2.24, 2.45) is 5.73 Å². The molecule has 1 rings (SSSR count). The molecule has 0 aromatic heterocycles. The van der Waals surface area contributed by atoms with E-state index in [1.54, 1.807) is 6.07 Å². The molecule has 0 spiro atoms. The van der Waals surface area contributed by atoms with Crippen LogP contribution in [-0.2, 0) is 6.42 Å². The minimum atomic E-state index is -0.546. The molecule has 1 aromatic rings. The Bertz CT molecular complexity index is 354. The number of nitrogens with two attached hydrogens (primary N) is 1. The maximum atomic E-state index is 13.5. The Kier molecular flexibility index (Phi) is 5.59. The van der Waals surface area contributed by atoms with Gasteiger partial charge in [0.25, 0.3) is 0 Å². The molecule has 0 saturated carbocycles. The molecule has 2 atom stereocenters. The summed E-state index contributed by atoms with van der Waals surface area (Å²) in [5, 5.41) is 9.81. The fourth-order valence-corrected chi connectivity index (χ4v) is 1.90. The first-order valence-electron chi connectivity index (χ1n) is 6.23. The Morgan fingerprint density at radius 1 is 1.35 bits per heavy atom. The zero-order valence-electron chi connectivity index (χ0n) is 10.6. The van der Waals surface area contributed by atoms with Gasteiger partial charge in [0, 0.05) is 6.04 Å². The van der Waals surface area contributed by atoms with Crippen LogP contribution >= 0.6 is 0 Å². The molecule has 0 aliphatic rings. The van der Waals surface area contributed by atoms with Crippen LogP contribution < -0.4 is 5.73 Å². The van der Waals surface area contributed by atoms with Crippen LogP contribution in [0.4, 0.5) is 4.39 Å². The molecule has 0 radical (unpaired) electrons. The highest BCUT2D eigenvalue weighted by molar-refractivity contribution is 5.23. The van der Waals surface area contributed by atoms with Gasteiger partial charge in [0.15, 0.2) is 0 Å². The van der Waals surface area contributed by atoms with Crippen LogP contribution in [0, 0.1) is 12.7 Å². The third kappa shape index (κ3) is 4.44. The van der Waals surface area contributed by atoms with E-state index in [9.17, 15) is 9.50 Å². The summed E-state index contributed by atoms with van der Waals surface area (Å²) in [4.78, 5) is 0. The minimum Gasteiger partial charge on any atom is -0.392 e. The lowest BCUT2D eigenvalue weighted by Crippen LogP contribution is -2.34. The summed E-state index contributed by atoms with van der Waals surface area (Å²) >= 11 is 0. The summed E-state index contributed by atoms with van der Waals surface area (Å²) in [6, 6.07) is 4.99. The van der Waals surface area contributed by atoms with Gasteiger partial charge in [-0.3, -0.25) is 0 Å². The normalized spacial score (nSPS) is 14.6. The lowest BCUT2D eigenvalue weighted by atomic mass is 9.99. The summed E-state index contributed by atoms with van der Waals surface area (Å²) in [6.07, 6.45) is 2.26. The van der Waals surface area contributed by atoms with Gasteiger partial charge in [0.05, 0.1) is 6.10 Å². The molecule has 2 nitrogen and oxygen atoms in total. The quantitative estimate of drug-likeness (QED) is 0.801. The number of benzene rings is 1. The monoisotopic (exact) mass is 239 g/mol. The standard InChI is InChI=1S/C14H22FNO/c1-3-4-13(16)14(17)8-7-11-6-5-10(2)9-12(11)15/h5-6,9,13-14,17H,3-4,7-8,16H2,1-2H3. The van der Waals surface area contributed by atoms with E-state index < -0.39 is 6.10 Å². The first-order valence-corrected chi connectivity index (χ1v) is 6.23. The number of aryl methyl sites for hydroxylation is 2. The highest BCUT2D eigenvalue weighted by Crippen LogP contribution is 2.14. The molecular formula is C14H22FNO. The zero-order chi connectivity index (χ0) is 12.8. The van der Waals surface area contributed by atoms with Crippen LogP contribution in [0.2, 0.25) is 0 Å². The first-order chi connectivity index (χ1) is 8.04. The van der Waals surface area contributed by atoms with Crippen molar-refractivity contribution in [3.63, 3.8) is 0 Å². The van der Waals surface area contributed by atoms with Crippen LogP contribution in [0.15, 0.2) is 18.2 Å². The number of hydrogen-bond donors (Lipinski definition) is 2. The average molecular weight is 239 g/mol. The van der Waals surface area contributed by atoms with E-state index in [2.05, 4.69) is 0 Å². The third-order valence-corrected chi connectivity index (χ3v) is 3.03. The second-order valence-corrected chi connectivity index (χ2v) is 4.65. The largest absolute Gasteiger partial charge is 0.392 e. The maximum Gasteiger partial charge on any atom is 0.126 e. The van der Waals surface area contributed by atoms with Crippen LogP contribution in [0.3, 0.4) is 0 Å². The van der Waals surface area contributed by atoms with Crippen molar-refractivity contribution in [1.29, 1.82) is 0 Å². The molecule has 0 aliphatic carbocycles. The Labute approximate surface area is 103 Å². The van der Waals surface area contributed by atoms with Gasteiger partial charge >= 0.3 is 0 Å². The Hall–Kier alpha value is -0.930. The minimum absolute atomic E-state index is 0.193. The predicted molar refractivity (Wildman–Crippen MR) is 68.3 cm³/mol. The second-order valence-electron chi connectivity index (χ2n) is 4.65. The zero-order valence-corrected chi connectivity index (χ0v) is 10.6. The lowest BCUT2D eigenvalue weighted by Gasteiger charge is -2.18. The van der Waals surface area contributed by atoms with Crippen LogP contribution in [0.5, 0.6) is 0 Å². The summed E-state index contributed by atoms with van der Waals surface area (Å²) in [6.45, 7) is 3.89. The molecule has 0 amide bonds. The van der Waals surface area contributed by atoms with Crippen molar-refractivity contribution in [3.05, 3.63) is 35.1 Å². The smallest absolute Gasteiger partial charge is 0.126 e. The fourth-order valence-electron chi connectivity index (χ4n) is 1.90. The number of aliphatic hydroxyl groups is 1. The van der Waals surface area contributed by atoms with Gasteiger partial charge in [0.1, 0.15) is 5.82 Å².